The third-order valence-corrected chi connectivity index (χ3v) is 3.02. The van der Waals surface area contributed by atoms with Crippen LogP contribution in [0, 0.1) is 6.92 Å². The highest BCUT2D eigenvalue weighted by Gasteiger charge is 2.15. The monoisotopic (exact) mass is 275 g/mol. The van der Waals surface area contributed by atoms with Gasteiger partial charge in [0.15, 0.2) is 0 Å². The number of nitrogens with one attached hydrogen (secondary N) is 1. The molecule has 0 aliphatic carbocycles. The highest BCUT2D eigenvalue weighted by molar-refractivity contribution is 5.94. The molecule has 2 N–H and O–H groups in total. The van der Waals surface area contributed by atoms with Gasteiger partial charge in [-0.1, -0.05) is 0 Å². The first-order chi connectivity index (χ1) is 9.51. The first-order valence-electron chi connectivity index (χ1n) is 6.25. The smallest absolute Gasteiger partial charge is 0.337 e. The van der Waals surface area contributed by atoms with E-state index in [1.807, 2.05) is 26.0 Å². The van der Waals surface area contributed by atoms with Gasteiger partial charge in [0.25, 0.3) is 0 Å². The minimum Gasteiger partial charge on any atom is -0.497 e. The van der Waals surface area contributed by atoms with Crippen molar-refractivity contribution in [3.8, 4) is 5.75 Å². The summed E-state index contributed by atoms with van der Waals surface area (Å²) in [5, 5.41) is 12.4. The molecule has 2 aromatic rings. The van der Waals surface area contributed by atoms with Gasteiger partial charge in [-0.3, -0.25) is 0 Å². The Labute approximate surface area is 117 Å². The van der Waals surface area contributed by atoms with Crippen LogP contribution in [-0.4, -0.2) is 18.2 Å². The molecular formula is C15H17NO4. The van der Waals surface area contributed by atoms with Crippen molar-refractivity contribution in [2.75, 3.05) is 12.4 Å². The number of carboxylic acid groups (broad SMARTS) is 1. The third kappa shape index (κ3) is 2.93. The van der Waals surface area contributed by atoms with Crippen molar-refractivity contribution >= 4 is 11.7 Å². The van der Waals surface area contributed by atoms with E-state index in [4.69, 9.17) is 9.15 Å². The summed E-state index contributed by atoms with van der Waals surface area (Å²) in [6.45, 7) is 3.77. The molecule has 20 heavy (non-hydrogen) atoms. The zero-order chi connectivity index (χ0) is 14.7. The van der Waals surface area contributed by atoms with E-state index < -0.39 is 5.97 Å². The summed E-state index contributed by atoms with van der Waals surface area (Å²) in [4.78, 5) is 11.2. The van der Waals surface area contributed by atoms with E-state index in [-0.39, 0.29) is 11.6 Å². The number of anilines is 1. The fraction of sp³-hybridized carbons (Fsp3) is 0.267. The van der Waals surface area contributed by atoms with Crippen LogP contribution in [0.5, 0.6) is 5.75 Å². The number of furan rings is 1. The molecule has 106 valence electrons. The molecular weight excluding hydrogens is 258 g/mol. The molecule has 0 saturated heterocycles. The highest BCUT2D eigenvalue weighted by atomic mass is 16.5. The largest absolute Gasteiger partial charge is 0.497 e. The van der Waals surface area contributed by atoms with Crippen LogP contribution in [-0.2, 0) is 0 Å². The summed E-state index contributed by atoms with van der Waals surface area (Å²) >= 11 is 0. The van der Waals surface area contributed by atoms with Gasteiger partial charge in [-0.2, -0.15) is 0 Å². The first-order valence-corrected chi connectivity index (χ1v) is 6.25. The maximum Gasteiger partial charge on any atom is 0.337 e. The second-order valence-corrected chi connectivity index (χ2v) is 4.53. The van der Waals surface area contributed by atoms with E-state index in [1.54, 1.807) is 19.2 Å². The second kappa shape index (κ2) is 5.69. The third-order valence-electron chi connectivity index (χ3n) is 3.02. The van der Waals surface area contributed by atoms with Crippen LogP contribution in [0.3, 0.4) is 0 Å². The molecule has 5 nitrogen and oxygen atoms in total. The summed E-state index contributed by atoms with van der Waals surface area (Å²) < 4.78 is 10.7. The molecule has 2 rings (SSSR count). The summed E-state index contributed by atoms with van der Waals surface area (Å²) in [5.74, 6) is 1.18. The molecule has 0 amide bonds. The van der Waals surface area contributed by atoms with E-state index in [0.29, 0.717) is 11.4 Å². The fourth-order valence-corrected chi connectivity index (χ4v) is 1.95. The number of benzene rings is 1. The molecule has 0 aliphatic heterocycles. The van der Waals surface area contributed by atoms with Gasteiger partial charge in [0.2, 0.25) is 0 Å². The molecule has 1 aromatic carbocycles. The predicted octanol–water partition coefficient (Wildman–Crippen LogP) is 3.47. The van der Waals surface area contributed by atoms with Gasteiger partial charge in [0, 0.05) is 6.07 Å². The molecule has 1 heterocycles. The van der Waals surface area contributed by atoms with E-state index in [1.165, 1.54) is 6.07 Å². The number of aryl methyl sites for hydroxylation is 1. The van der Waals surface area contributed by atoms with Crippen LogP contribution in [0.15, 0.2) is 34.7 Å². The number of hydrogen-bond donors (Lipinski definition) is 2. The van der Waals surface area contributed by atoms with Crippen molar-refractivity contribution in [3.63, 3.8) is 0 Å². The van der Waals surface area contributed by atoms with E-state index in [0.717, 1.165) is 11.5 Å². The quantitative estimate of drug-likeness (QED) is 0.874. The van der Waals surface area contributed by atoms with Gasteiger partial charge in [0.1, 0.15) is 17.3 Å². The zero-order valence-corrected chi connectivity index (χ0v) is 11.6. The van der Waals surface area contributed by atoms with Crippen LogP contribution in [0.25, 0.3) is 0 Å². The van der Waals surface area contributed by atoms with Gasteiger partial charge < -0.3 is 19.6 Å². The SMILES string of the molecule is COc1ccc(C(=O)O)c(NC(C)c2ccc(C)o2)c1. The van der Waals surface area contributed by atoms with Crippen LogP contribution in [0.2, 0.25) is 0 Å². The van der Waals surface area contributed by atoms with Crippen molar-refractivity contribution < 1.29 is 19.1 Å². The van der Waals surface area contributed by atoms with E-state index >= 15 is 0 Å². The van der Waals surface area contributed by atoms with Crippen LogP contribution >= 0.6 is 0 Å². The van der Waals surface area contributed by atoms with Crippen molar-refractivity contribution in [2.45, 2.75) is 19.9 Å². The minimum atomic E-state index is -0.988. The number of carboxylic acids is 1. The average molecular weight is 275 g/mol. The minimum absolute atomic E-state index is 0.145. The van der Waals surface area contributed by atoms with Gasteiger partial charge in [-0.05, 0) is 38.1 Å². The fourth-order valence-electron chi connectivity index (χ4n) is 1.95. The summed E-state index contributed by atoms with van der Waals surface area (Å²) in [6.07, 6.45) is 0. The molecule has 1 unspecified atom stereocenters. The van der Waals surface area contributed by atoms with Crippen LogP contribution in [0.4, 0.5) is 5.69 Å². The van der Waals surface area contributed by atoms with Gasteiger partial charge >= 0.3 is 5.97 Å². The van der Waals surface area contributed by atoms with E-state index in [2.05, 4.69) is 5.32 Å². The number of rotatable bonds is 5. The first kappa shape index (κ1) is 14.0. The normalized spacial score (nSPS) is 11.9. The number of carbonyl (C=O) groups is 1. The molecule has 0 aliphatic rings. The van der Waals surface area contributed by atoms with Gasteiger partial charge in [-0.25, -0.2) is 4.79 Å². The van der Waals surface area contributed by atoms with Crippen molar-refractivity contribution in [3.05, 3.63) is 47.4 Å². The Hall–Kier alpha value is -2.43. The van der Waals surface area contributed by atoms with Crippen molar-refractivity contribution in [1.29, 1.82) is 0 Å². The number of methoxy groups -OCH3 is 1. The Bertz CT molecular complexity index is 618. The Morgan fingerprint density at radius 2 is 2.10 bits per heavy atom. The highest BCUT2D eigenvalue weighted by Crippen LogP contribution is 2.27. The Morgan fingerprint density at radius 1 is 1.35 bits per heavy atom. The molecule has 0 radical (unpaired) electrons. The van der Waals surface area contributed by atoms with Crippen LogP contribution in [0.1, 0.15) is 34.8 Å². The number of hydrogen-bond acceptors (Lipinski definition) is 4. The molecule has 0 spiro atoms. The maximum atomic E-state index is 11.2. The lowest BCUT2D eigenvalue weighted by molar-refractivity contribution is 0.0698. The topological polar surface area (TPSA) is 71.7 Å². The molecule has 0 saturated carbocycles. The van der Waals surface area contributed by atoms with E-state index in [9.17, 15) is 9.90 Å². The average Bonchev–Trinajstić information content (AvgIpc) is 2.85. The zero-order valence-electron chi connectivity index (χ0n) is 11.6. The number of aromatic carboxylic acids is 1. The van der Waals surface area contributed by atoms with Crippen molar-refractivity contribution in [1.82, 2.24) is 0 Å². The molecule has 1 aromatic heterocycles. The maximum absolute atomic E-state index is 11.2. The summed E-state index contributed by atoms with van der Waals surface area (Å²) in [6, 6.07) is 8.40. The molecule has 1 atom stereocenters. The molecule has 5 heteroatoms. The Balaban J connectivity index is 2.29. The second-order valence-electron chi connectivity index (χ2n) is 4.53. The lowest BCUT2D eigenvalue weighted by atomic mass is 10.1. The summed E-state index contributed by atoms with van der Waals surface area (Å²) in [5.41, 5.74) is 0.694. The predicted molar refractivity (Wildman–Crippen MR) is 75.4 cm³/mol. The lowest BCUT2D eigenvalue weighted by Gasteiger charge is -2.16. The summed E-state index contributed by atoms with van der Waals surface area (Å²) in [7, 11) is 1.54. The van der Waals surface area contributed by atoms with Gasteiger partial charge in [-0.15, -0.1) is 0 Å². The van der Waals surface area contributed by atoms with Crippen LogP contribution < -0.4 is 10.1 Å². The Morgan fingerprint density at radius 3 is 2.65 bits per heavy atom. The standard InChI is InChI=1S/C15H17NO4/c1-9-4-7-14(20-9)10(2)16-13-8-11(19-3)5-6-12(13)15(17)18/h4-8,10,16H,1-3H3,(H,17,18). The van der Waals surface area contributed by atoms with Crippen molar-refractivity contribution in [2.24, 2.45) is 0 Å². The lowest BCUT2D eigenvalue weighted by Crippen LogP contribution is -2.10. The Kier molecular flexibility index (Phi) is 3.98. The molecule has 0 bridgehead atoms. The number of ether oxygens (including phenoxy) is 1. The molecule has 0 fully saturated rings. The van der Waals surface area contributed by atoms with Gasteiger partial charge in [0.05, 0.1) is 24.4 Å².